The maximum absolute atomic E-state index is 11.7. The molecule has 1 aromatic heterocycles. The summed E-state index contributed by atoms with van der Waals surface area (Å²) in [6.45, 7) is 1.97. The number of hydrogen-bond acceptors (Lipinski definition) is 6. The van der Waals surface area contributed by atoms with Crippen LogP contribution < -0.4 is 5.73 Å². The van der Waals surface area contributed by atoms with E-state index in [1.807, 2.05) is 0 Å². The van der Waals surface area contributed by atoms with Crippen LogP contribution >= 0.6 is 0 Å². The van der Waals surface area contributed by atoms with Crippen molar-refractivity contribution >= 4 is 17.8 Å². The van der Waals surface area contributed by atoms with Gasteiger partial charge in [0.15, 0.2) is 0 Å². The molecule has 7 heteroatoms. The number of esters is 2. The van der Waals surface area contributed by atoms with Gasteiger partial charge in [-0.1, -0.05) is 0 Å². The highest BCUT2D eigenvalue weighted by atomic mass is 16.5. The van der Waals surface area contributed by atoms with Crippen LogP contribution in [0.5, 0.6) is 0 Å². The van der Waals surface area contributed by atoms with Crippen LogP contribution in [-0.2, 0) is 9.47 Å². The van der Waals surface area contributed by atoms with Crippen LogP contribution in [0.3, 0.4) is 0 Å². The van der Waals surface area contributed by atoms with Gasteiger partial charge in [-0.25, -0.2) is 14.3 Å². The second-order valence-corrected chi connectivity index (χ2v) is 4.11. The molecule has 0 aliphatic rings. The number of nitrogen functional groups attached to an aromatic ring is 1. The van der Waals surface area contributed by atoms with Crippen LogP contribution in [0.25, 0.3) is 5.69 Å². The normalized spacial score (nSPS) is 10.2. The van der Waals surface area contributed by atoms with Crippen LogP contribution in [0.1, 0.15) is 27.6 Å². The number of hydrogen-bond donors (Lipinski definition) is 1. The summed E-state index contributed by atoms with van der Waals surface area (Å²) in [5, 5.41) is 4.06. The van der Waals surface area contributed by atoms with E-state index in [1.54, 1.807) is 31.2 Å². The molecule has 0 aliphatic carbocycles. The lowest BCUT2D eigenvalue weighted by atomic mass is 10.2. The zero-order valence-corrected chi connectivity index (χ0v) is 11.7. The van der Waals surface area contributed by atoms with E-state index in [0.29, 0.717) is 11.3 Å². The minimum Gasteiger partial charge on any atom is -0.465 e. The van der Waals surface area contributed by atoms with Gasteiger partial charge in [0.25, 0.3) is 0 Å². The van der Waals surface area contributed by atoms with Gasteiger partial charge in [0.1, 0.15) is 11.4 Å². The molecule has 0 aliphatic heterocycles. The molecular weight excluding hydrogens is 274 g/mol. The molecule has 0 spiro atoms. The van der Waals surface area contributed by atoms with E-state index < -0.39 is 11.9 Å². The zero-order chi connectivity index (χ0) is 15.4. The fraction of sp³-hybridized carbons (Fsp3) is 0.214. The maximum Gasteiger partial charge on any atom is 0.343 e. The van der Waals surface area contributed by atoms with Crippen molar-refractivity contribution in [2.45, 2.75) is 6.92 Å². The van der Waals surface area contributed by atoms with Crippen molar-refractivity contribution in [1.82, 2.24) is 9.78 Å². The zero-order valence-electron chi connectivity index (χ0n) is 11.7. The Bertz CT molecular complexity index is 661. The van der Waals surface area contributed by atoms with Crippen molar-refractivity contribution in [1.29, 1.82) is 0 Å². The summed E-state index contributed by atoms with van der Waals surface area (Å²) in [7, 11) is 1.31. The highest BCUT2D eigenvalue weighted by molar-refractivity contribution is 5.94. The molecule has 110 valence electrons. The van der Waals surface area contributed by atoms with Crippen LogP contribution in [0, 0.1) is 0 Å². The molecule has 0 radical (unpaired) electrons. The minimum absolute atomic E-state index is 0.180. The Kier molecular flexibility index (Phi) is 4.22. The first-order chi connectivity index (χ1) is 10.1. The number of methoxy groups -OCH3 is 1. The quantitative estimate of drug-likeness (QED) is 0.855. The standard InChI is InChI=1S/C14H15N3O4/c1-3-21-14(19)11-8-16-17(12(11)15)10-6-4-9(5-7-10)13(18)20-2/h4-8H,3,15H2,1-2H3. The van der Waals surface area contributed by atoms with Gasteiger partial charge < -0.3 is 15.2 Å². The van der Waals surface area contributed by atoms with Gasteiger partial charge >= 0.3 is 11.9 Å². The number of nitrogens with two attached hydrogens (primary N) is 1. The van der Waals surface area contributed by atoms with Crippen LogP contribution in [0.2, 0.25) is 0 Å². The van der Waals surface area contributed by atoms with Crippen molar-refractivity contribution in [3.05, 3.63) is 41.6 Å². The summed E-state index contributed by atoms with van der Waals surface area (Å²) in [5.74, 6) is -0.770. The summed E-state index contributed by atoms with van der Waals surface area (Å²) in [6.07, 6.45) is 1.35. The van der Waals surface area contributed by atoms with E-state index in [1.165, 1.54) is 18.0 Å². The molecule has 2 N–H and O–H groups in total. The molecule has 2 aromatic rings. The highest BCUT2D eigenvalue weighted by Crippen LogP contribution is 2.18. The molecule has 0 unspecified atom stereocenters. The lowest BCUT2D eigenvalue weighted by Crippen LogP contribution is -2.09. The number of ether oxygens (including phenoxy) is 2. The Balaban J connectivity index is 2.31. The predicted molar refractivity (Wildman–Crippen MR) is 75.3 cm³/mol. The Labute approximate surface area is 121 Å². The molecule has 2 rings (SSSR count). The van der Waals surface area contributed by atoms with Crippen LogP contribution in [-0.4, -0.2) is 35.4 Å². The van der Waals surface area contributed by atoms with Gasteiger partial charge in [-0.3, -0.25) is 0 Å². The third kappa shape index (κ3) is 2.86. The summed E-state index contributed by atoms with van der Waals surface area (Å²) >= 11 is 0. The predicted octanol–water partition coefficient (Wildman–Crippen LogP) is 1.42. The fourth-order valence-electron chi connectivity index (χ4n) is 1.79. The van der Waals surface area contributed by atoms with Crippen LogP contribution in [0.4, 0.5) is 5.82 Å². The Hall–Kier alpha value is -2.83. The van der Waals surface area contributed by atoms with Crippen molar-refractivity contribution < 1.29 is 19.1 Å². The van der Waals surface area contributed by atoms with Crippen molar-refractivity contribution in [2.24, 2.45) is 0 Å². The molecule has 0 fully saturated rings. The van der Waals surface area contributed by atoms with Gasteiger partial charge in [-0.15, -0.1) is 0 Å². The lowest BCUT2D eigenvalue weighted by molar-refractivity contribution is 0.0526. The summed E-state index contributed by atoms with van der Waals surface area (Å²) < 4.78 is 10.9. The molecule has 7 nitrogen and oxygen atoms in total. The second-order valence-electron chi connectivity index (χ2n) is 4.11. The maximum atomic E-state index is 11.7. The third-order valence-corrected chi connectivity index (χ3v) is 2.83. The first-order valence-electron chi connectivity index (χ1n) is 6.27. The lowest BCUT2D eigenvalue weighted by Gasteiger charge is -2.06. The molecule has 0 saturated carbocycles. The third-order valence-electron chi connectivity index (χ3n) is 2.83. The average molecular weight is 289 g/mol. The van der Waals surface area contributed by atoms with Crippen molar-refractivity contribution in [3.8, 4) is 5.69 Å². The summed E-state index contributed by atoms with van der Waals surface area (Å²) in [5.41, 5.74) is 7.14. The van der Waals surface area contributed by atoms with Gasteiger partial charge in [0, 0.05) is 0 Å². The van der Waals surface area contributed by atoms with Gasteiger partial charge in [0.2, 0.25) is 0 Å². The number of nitrogens with zero attached hydrogens (tertiary/aromatic N) is 2. The van der Waals surface area contributed by atoms with Crippen LogP contribution in [0.15, 0.2) is 30.5 Å². The molecule has 0 saturated heterocycles. The summed E-state index contributed by atoms with van der Waals surface area (Å²) in [4.78, 5) is 23.0. The Morgan fingerprint density at radius 3 is 2.48 bits per heavy atom. The van der Waals surface area contributed by atoms with Crippen molar-refractivity contribution in [2.75, 3.05) is 19.5 Å². The smallest absolute Gasteiger partial charge is 0.343 e. The number of anilines is 1. The first kappa shape index (κ1) is 14.6. The van der Waals surface area contributed by atoms with E-state index in [9.17, 15) is 9.59 Å². The van der Waals surface area contributed by atoms with Crippen molar-refractivity contribution in [3.63, 3.8) is 0 Å². The Morgan fingerprint density at radius 1 is 1.24 bits per heavy atom. The van der Waals surface area contributed by atoms with Gasteiger partial charge in [0.05, 0.1) is 31.2 Å². The number of carbonyl (C=O) groups is 2. The molecule has 0 bridgehead atoms. The monoisotopic (exact) mass is 289 g/mol. The fourth-order valence-corrected chi connectivity index (χ4v) is 1.79. The second kappa shape index (κ2) is 6.08. The largest absolute Gasteiger partial charge is 0.465 e. The number of benzene rings is 1. The number of rotatable bonds is 4. The molecule has 0 atom stereocenters. The highest BCUT2D eigenvalue weighted by Gasteiger charge is 2.17. The average Bonchev–Trinajstić information content (AvgIpc) is 2.88. The SMILES string of the molecule is CCOC(=O)c1cnn(-c2ccc(C(=O)OC)cc2)c1N. The molecule has 0 amide bonds. The molecule has 1 aromatic carbocycles. The molecule has 21 heavy (non-hydrogen) atoms. The molecular formula is C14H15N3O4. The molecule has 1 heterocycles. The van der Waals surface area contributed by atoms with Gasteiger partial charge in [-0.2, -0.15) is 5.10 Å². The van der Waals surface area contributed by atoms with E-state index >= 15 is 0 Å². The van der Waals surface area contributed by atoms with E-state index in [0.717, 1.165) is 0 Å². The summed E-state index contributed by atoms with van der Waals surface area (Å²) in [6, 6.07) is 6.49. The first-order valence-corrected chi connectivity index (χ1v) is 6.27. The van der Waals surface area contributed by atoms with E-state index in [2.05, 4.69) is 9.84 Å². The van der Waals surface area contributed by atoms with Gasteiger partial charge in [-0.05, 0) is 31.2 Å². The Morgan fingerprint density at radius 2 is 1.90 bits per heavy atom. The number of carbonyl (C=O) groups excluding carboxylic acids is 2. The number of aromatic nitrogens is 2. The van der Waals surface area contributed by atoms with E-state index in [4.69, 9.17) is 10.5 Å². The topological polar surface area (TPSA) is 96.4 Å². The minimum atomic E-state index is -0.521. The van der Waals surface area contributed by atoms with E-state index in [-0.39, 0.29) is 18.0 Å².